The maximum absolute atomic E-state index is 13.0. The molecule has 33 heavy (non-hydrogen) atoms. The minimum Gasteiger partial charge on any atom is -0.461 e. The van der Waals surface area contributed by atoms with Gasteiger partial charge in [0, 0.05) is 5.92 Å². The van der Waals surface area contributed by atoms with Crippen molar-refractivity contribution in [2.45, 2.75) is 129 Å². The van der Waals surface area contributed by atoms with Crippen LogP contribution in [0.15, 0.2) is 0 Å². The van der Waals surface area contributed by atoms with E-state index in [4.69, 9.17) is 14.2 Å². The van der Waals surface area contributed by atoms with Gasteiger partial charge in [-0.15, -0.1) is 0 Å². The van der Waals surface area contributed by atoms with Crippen molar-refractivity contribution < 1.29 is 19.0 Å². The second-order valence-electron chi connectivity index (χ2n) is 11.0. The van der Waals surface area contributed by atoms with Crippen LogP contribution < -0.4 is 0 Å². The van der Waals surface area contributed by atoms with Gasteiger partial charge in [0.25, 0.3) is 0 Å². The van der Waals surface area contributed by atoms with E-state index >= 15 is 0 Å². The van der Waals surface area contributed by atoms with Crippen molar-refractivity contribution in [3.8, 4) is 6.07 Å². The van der Waals surface area contributed by atoms with Crippen LogP contribution in [-0.2, 0) is 19.0 Å². The lowest BCUT2D eigenvalue weighted by Gasteiger charge is -2.40. The highest BCUT2D eigenvalue weighted by atomic mass is 16.7. The Hall–Kier alpha value is -1.12. The molecule has 0 unspecified atom stereocenters. The summed E-state index contributed by atoms with van der Waals surface area (Å²) in [6, 6.07) is 2.18. The zero-order valence-electron chi connectivity index (χ0n) is 21.2. The van der Waals surface area contributed by atoms with Crippen molar-refractivity contribution >= 4 is 5.97 Å². The Bertz CT molecular complexity index is 606. The topological polar surface area (TPSA) is 68.6 Å². The fourth-order valence-corrected chi connectivity index (χ4v) is 5.96. The average Bonchev–Trinajstić information content (AvgIpc) is 2.86. The summed E-state index contributed by atoms with van der Waals surface area (Å²) >= 11 is 0. The Morgan fingerprint density at radius 2 is 1.36 bits per heavy atom. The summed E-state index contributed by atoms with van der Waals surface area (Å²) in [6.07, 6.45) is 18.9. The molecule has 0 aromatic rings. The van der Waals surface area contributed by atoms with Crippen molar-refractivity contribution in [2.75, 3.05) is 13.2 Å². The van der Waals surface area contributed by atoms with Crippen LogP contribution in [0.5, 0.6) is 0 Å². The van der Waals surface area contributed by atoms with Crippen molar-refractivity contribution in [1.82, 2.24) is 0 Å². The number of ether oxygens (including phenoxy) is 3. The molecule has 3 fully saturated rings. The van der Waals surface area contributed by atoms with Crippen LogP contribution in [0.3, 0.4) is 0 Å². The molecular weight excluding hydrogens is 414 g/mol. The average molecular weight is 462 g/mol. The van der Waals surface area contributed by atoms with Crippen molar-refractivity contribution in [3.63, 3.8) is 0 Å². The summed E-state index contributed by atoms with van der Waals surface area (Å²) in [4.78, 5) is 13.0. The molecule has 3 aliphatic rings. The standard InChI is InChI=1S/C28H47NO4/c1-3-5-7-9-22-11-15-24(16-12-22)26-31-20-28(19-29,21-32-26)27(30)33-25-17-13-23(14-18-25)10-8-6-4-2/h22-26H,3-18,20-21H2,1-2H3. The zero-order chi connectivity index (χ0) is 23.5. The smallest absolute Gasteiger partial charge is 0.331 e. The summed E-state index contributed by atoms with van der Waals surface area (Å²) in [5.41, 5.74) is -1.31. The van der Waals surface area contributed by atoms with Crippen LogP contribution >= 0.6 is 0 Å². The van der Waals surface area contributed by atoms with Gasteiger partial charge in [0.05, 0.1) is 19.3 Å². The molecule has 1 saturated heterocycles. The lowest BCUT2D eigenvalue weighted by Crippen LogP contribution is -2.50. The van der Waals surface area contributed by atoms with E-state index in [9.17, 15) is 10.1 Å². The number of unbranched alkanes of at least 4 members (excludes halogenated alkanes) is 4. The summed E-state index contributed by atoms with van der Waals surface area (Å²) in [5, 5.41) is 9.83. The fraction of sp³-hybridized carbons (Fsp3) is 0.929. The van der Waals surface area contributed by atoms with E-state index in [0.29, 0.717) is 5.92 Å². The normalized spacial score (nSPS) is 35.0. The van der Waals surface area contributed by atoms with Gasteiger partial charge in [-0.25, -0.2) is 0 Å². The van der Waals surface area contributed by atoms with Crippen LogP contribution in [0, 0.1) is 34.5 Å². The predicted octanol–water partition coefficient (Wildman–Crippen LogP) is 6.94. The number of nitriles is 1. The summed E-state index contributed by atoms with van der Waals surface area (Å²) in [5.74, 6) is 1.53. The first-order valence-electron chi connectivity index (χ1n) is 14.0. The third-order valence-electron chi connectivity index (χ3n) is 8.37. The summed E-state index contributed by atoms with van der Waals surface area (Å²) in [6.45, 7) is 4.68. The van der Waals surface area contributed by atoms with Gasteiger partial charge in [-0.1, -0.05) is 65.2 Å². The molecule has 0 aromatic carbocycles. The number of carbonyl (C=O) groups excluding carboxylic acids is 1. The SMILES string of the molecule is CCCCCC1CCC(OC(=O)C2(C#N)COC(C3CCC(CCCCC)CC3)OC2)CC1. The van der Waals surface area contributed by atoms with Crippen LogP contribution in [0.25, 0.3) is 0 Å². The minimum absolute atomic E-state index is 0.0640. The maximum atomic E-state index is 13.0. The number of nitrogens with zero attached hydrogens (tertiary/aromatic N) is 1. The number of hydrogen-bond donors (Lipinski definition) is 0. The lowest BCUT2D eigenvalue weighted by molar-refractivity contribution is -0.247. The van der Waals surface area contributed by atoms with Gasteiger partial charge >= 0.3 is 5.97 Å². The predicted molar refractivity (Wildman–Crippen MR) is 129 cm³/mol. The van der Waals surface area contributed by atoms with Crippen LogP contribution in [-0.4, -0.2) is 31.6 Å². The van der Waals surface area contributed by atoms with Gasteiger partial charge in [-0.2, -0.15) is 5.26 Å². The van der Waals surface area contributed by atoms with Gasteiger partial charge < -0.3 is 14.2 Å². The van der Waals surface area contributed by atoms with E-state index in [1.165, 1.54) is 64.2 Å². The van der Waals surface area contributed by atoms with Crippen LogP contribution in [0.2, 0.25) is 0 Å². The number of rotatable bonds is 11. The summed E-state index contributed by atoms with van der Waals surface area (Å²) in [7, 11) is 0. The molecule has 0 amide bonds. The van der Waals surface area contributed by atoms with Gasteiger partial charge in [-0.3, -0.25) is 4.79 Å². The van der Waals surface area contributed by atoms with Gasteiger partial charge in [-0.05, 0) is 63.2 Å². The molecule has 2 saturated carbocycles. The van der Waals surface area contributed by atoms with E-state index in [-0.39, 0.29) is 25.6 Å². The second kappa shape index (κ2) is 13.7. The highest BCUT2D eigenvalue weighted by Crippen LogP contribution is 2.38. The minimum atomic E-state index is -1.31. The van der Waals surface area contributed by atoms with E-state index in [1.807, 2.05) is 0 Å². The number of hydrogen-bond acceptors (Lipinski definition) is 5. The van der Waals surface area contributed by atoms with Gasteiger partial charge in [0.2, 0.25) is 5.41 Å². The second-order valence-corrected chi connectivity index (χ2v) is 11.0. The number of esters is 1. The van der Waals surface area contributed by atoms with E-state index in [1.54, 1.807) is 0 Å². The van der Waals surface area contributed by atoms with Crippen LogP contribution in [0.1, 0.15) is 117 Å². The molecule has 0 aromatic heterocycles. The quantitative estimate of drug-likeness (QED) is 0.246. The molecule has 2 aliphatic carbocycles. The van der Waals surface area contributed by atoms with E-state index in [2.05, 4.69) is 19.9 Å². The zero-order valence-corrected chi connectivity index (χ0v) is 21.2. The fourth-order valence-electron chi connectivity index (χ4n) is 5.96. The molecule has 5 nitrogen and oxygen atoms in total. The first-order chi connectivity index (χ1) is 16.1. The molecule has 1 aliphatic heterocycles. The third kappa shape index (κ3) is 7.69. The Kier molecular flexibility index (Phi) is 11.0. The Morgan fingerprint density at radius 1 is 0.848 bits per heavy atom. The van der Waals surface area contributed by atoms with E-state index in [0.717, 1.165) is 50.4 Å². The molecule has 0 bridgehead atoms. The molecule has 5 heteroatoms. The first kappa shape index (κ1) is 26.5. The highest BCUT2D eigenvalue weighted by molar-refractivity contribution is 5.80. The van der Waals surface area contributed by atoms with Crippen LogP contribution in [0.4, 0.5) is 0 Å². The Labute approximate surface area is 201 Å². The molecule has 1 heterocycles. The molecule has 0 radical (unpaired) electrons. The molecular formula is C28H47NO4. The van der Waals surface area contributed by atoms with Gasteiger partial charge in [0.15, 0.2) is 6.29 Å². The molecule has 0 atom stereocenters. The Morgan fingerprint density at radius 3 is 1.85 bits per heavy atom. The lowest BCUT2D eigenvalue weighted by atomic mass is 9.79. The highest BCUT2D eigenvalue weighted by Gasteiger charge is 2.48. The molecule has 0 spiro atoms. The van der Waals surface area contributed by atoms with Crippen molar-refractivity contribution in [1.29, 1.82) is 5.26 Å². The molecule has 188 valence electrons. The summed E-state index contributed by atoms with van der Waals surface area (Å²) < 4.78 is 17.8. The monoisotopic (exact) mass is 461 g/mol. The first-order valence-corrected chi connectivity index (χ1v) is 14.0. The van der Waals surface area contributed by atoms with Crippen molar-refractivity contribution in [2.24, 2.45) is 23.2 Å². The molecule has 0 N–H and O–H groups in total. The third-order valence-corrected chi connectivity index (χ3v) is 8.37. The molecule has 3 rings (SSSR count). The number of carbonyl (C=O) groups is 1. The van der Waals surface area contributed by atoms with Gasteiger partial charge in [0.1, 0.15) is 6.10 Å². The maximum Gasteiger partial charge on any atom is 0.331 e. The van der Waals surface area contributed by atoms with Crippen molar-refractivity contribution in [3.05, 3.63) is 0 Å². The largest absolute Gasteiger partial charge is 0.461 e. The van der Waals surface area contributed by atoms with E-state index < -0.39 is 11.4 Å². The Balaban J connectivity index is 1.38.